The van der Waals surface area contributed by atoms with E-state index in [0.29, 0.717) is 12.5 Å². The van der Waals surface area contributed by atoms with Crippen molar-refractivity contribution in [1.29, 1.82) is 0 Å². The lowest BCUT2D eigenvalue weighted by molar-refractivity contribution is 0.224. The maximum absolute atomic E-state index is 12.7. The molecule has 0 radical (unpaired) electrons. The molecule has 5 nitrogen and oxygen atoms in total. The van der Waals surface area contributed by atoms with Crippen LogP contribution in [0.25, 0.3) is 10.2 Å². The van der Waals surface area contributed by atoms with Crippen LogP contribution in [0.2, 0.25) is 0 Å². The minimum Gasteiger partial charge on any atom is -0.468 e. The summed E-state index contributed by atoms with van der Waals surface area (Å²) in [7, 11) is 2.01. The average Bonchev–Trinajstić information content (AvgIpc) is 3.20. The number of thiophene rings is 1. The molecule has 1 aliphatic rings. The number of nitrogens with zero attached hydrogens (tertiary/aromatic N) is 2. The Hall–Kier alpha value is -1.92. The monoisotopic (exact) mass is 357 g/mol. The number of aryl methyl sites for hydroxylation is 1. The second-order valence-electron chi connectivity index (χ2n) is 7.15. The molecule has 0 amide bonds. The minimum atomic E-state index is 0.000233. The highest BCUT2D eigenvalue weighted by molar-refractivity contribution is 7.18. The van der Waals surface area contributed by atoms with Crippen LogP contribution in [0.3, 0.4) is 0 Å². The second kappa shape index (κ2) is 6.42. The first-order valence-corrected chi connectivity index (χ1v) is 9.61. The lowest BCUT2D eigenvalue weighted by Crippen LogP contribution is -2.25. The summed E-state index contributed by atoms with van der Waals surface area (Å²) in [4.78, 5) is 24.9. The molecular weight excluding hydrogens is 334 g/mol. The lowest BCUT2D eigenvalue weighted by Gasteiger charge is -2.22. The van der Waals surface area contributed by atoms with Crippen molar-refractivity contribution in [2.24, 2.45) is 5.92 Å². The van der Waals surface area contributed by atoms with Crippen molar-refractivity contribution in [3.05, 3.63) is 50.8 Å². The molecule has 1 N–H and O–H groups in total. The maximum Gasteiger partial charge on any atom is 0.259 e. The molecule has 0 unspecified atom stereocenters. The SMILES string of the molecule is C[C@@H]1CCc2c(sc3nc([C@@H](C)N(C)Cc4ccco4)[nH]c(=O)c23)C1. The van der Waals surface area contributed by atoms with Crippen LogP contribution >= 0.6 is 11.3 Å². The summed E-state index contributed by atoms with van der Waals surface area (Å²) >= 11 is 1.70. The third-order valence-corrected chi connectivity index (χ3v) is 6.37. The van der Waals surface area contributed by atoms with Crippen LogP contribution < -0.4 is 5.56 Å². The first-order valence-electron chi connectivity index (χ1n) is 8.80. The fourth-order valence-electron chi connectivity index (χ4n) is 3.56. The van der Waals surface area contributed by atoms with Crippen LogP contribution in [0.1, 0.15) is 48.3 Å². The van der Waals surface area contributed by atoms with Gasteiger partial charge in [-0.25, -0.2) is 4.98 Å². The quantitative estimate of drug-likeness (QED) is 0.769. The smallest absolute Gasteiger partial charge is 0.259 e. The molecule has 3 aromatic heterocycles. The van der Waals surface area contributed by atoms with E-state index in [-0.39, 0.29) is 11.6 Å². The standard InChI is InChI=1S/C19H23N3O2S/c1-11-6-7-14-15(9-11)25-19-16(14)18(23)20-17(21-19)12(2)22(3)10-13-5-4-8-24-13/h4-5,8,11-12H,6-7,9-10H2,1-3H3,(H,20,21,23)/t11-,12-/m1/s1. The molecule has 25 heavy (non-hydrogen) atoms. The van der Waals surface area contributed by atoms with E-state index in [4.69, 9.17) is 9.40 Å². The molecule has 1 aliphatic carbocycles. The Bertz CT molecular complexity index is 942. The average molecular weight is 357 g/mol. The van der Waals surface area contributed by atoms with Crippen LogP contribution in [0.5, 0.6) is 0 Å². The highest BCUT2D eigenvalue weighted by atomic mass is 32.1. The van der Waals surface area contributed by atoms with E-state index in [0.717, 1.165) is 41.1 Å². The number of hydrogen-bond donors (Lipinski definition) is 1. The molecule has 0 aliphatic heterocycles. The van der Waals surface area contributed by atoms with Crippen LogP contribution in [0, 0.1) is 5.92 Å². The normalized spacial score (nSPS) is 18.6. The molecule has 0 saturated carbocycles. The second-order valence-corrected chi connectivity index (χ2v) is 8.24. The molecule has 0 fully saturated rings. The Kier molecular flexibility index (Phi) is 4.25. The third-order valence-electron chi connectivity index (χ3n) is 5.23. The zero-order valence-electron chi connectivity index (χ0n) is 14.8. The number of H-pyrrole nitrogens is 1. The number of aromatic amines is 1. The molecule has 0 saturated heterocycles. The maximum atomic E-state index is 12.7. The highest BCUT2D eigenvalue weighted by Crippen LogP contribution is 2.36. The molecule has 2 atom stereocenters. The summed E-state index contributed by atoms with van der Waals surface area (Å²) in [5.74, 6) is 2.31. The summed E-state index contributed by atoms with van der Waals surface area (Å²) in [6, 6.07) is 3.84. The number of furan rings is 1. The van der Waals surface area contributed by atoms with Crippen LogP contribution in [-0.2, 0) is 19.4 Å². The first kappa shape index (κ1) is 16.5. The van der Waals surface area contributed by atoms with Gasteiger partial charge in [-0.05, 0) is 56.8 Å². The topological polar surface area (TPSA) is 62.1 Å². The van der Waals surface area contributed by atoms with Gasteiger partial charge in [0.25, 0.3) is 5.56 Å². The number of fused-ring (bicyclic) bond motifs is 3. The fraction of sp³-hybridized carbons (Fsp3) is 0.474. The molecule has 0 spiro atoms. The van der Waals surface area contributed by atoms with Crippen LogP contribution in [0.15, 0.2) is 27.6 Å². The Morgan fingerprint density at radius 1 is 1.52 bits per heavy atom. The van der Waals surface area contributed by atoms with Gasteiger partial charge in [-0.3, -0.25) is 9.69 Å². The van der Waals surface area contributed by atoms with Gasteiger partial charge in [0.1, 0.15) is 16.4 Å². The van der Waals surface area contributed by atoms with E-state index in [1.165, 1.54) is 10.4 Å². The van der Waals surface area contributed by atoms with Crippen molar-refractivity contribution in [3.63, 3.8) is 0 Å². The van der Waals surface area contributed by atoms with Crippen molar-refractivity contribution in [1.82, 2.24) is 14.9 Å². The van der Waals surface area contributed by atoms with Gasteiger partial charge in [-0.15, -0.1) is 11.3 Å². The molecule has 6 heteroatoms. The number of nitrogens with one attached hydrogen (secondary N) is 1. The van der Waals surface area contributed by atoms with E-state index < -0.39 is 0 Å². The van der Waals surface area contributed by atoms with E-state index in [2.05, 4.69) is 23.7 Å². The van der Waals surface area contributed by atoms with Crippen molar-refractivity contribution >= 4 is 21.6 Å². The molecule has 3 aromatic rings. The molecule has 3 heterocycles. The van der Waals surface area contributed by atoms with Gasteiger partial charge >= 0.3 is 0 Å². The van der Waals surface area contributed by atoms with Crippen LogP contribution in [0.4, 0.5) is 0 Å². The predicted octanol–water partition coefficient (Wildman–Crippen LogP) is 3.90. The van der Waals surface area contributed by atoms with E-state index in [1.54, 1.807) is 17.6 Å². The highest BCUT2D eigenvalue weighted by Gasteiger charge is 2.24. The summed E-state index contributed by atoms with van der Waals surface area (Å²) in [5.41, 5.74) is 1.24. The predicted molar refractivity (Wildman–Crippen MR) is 100 cm³/mol. The molecule has 0 aromatic carbocycles. The zero-order valence-corrected chi connectivity index (χ0v) is 15.7. The van der Waals surface area contributed by atoms with Gasteiger partial charge in [0.05, 0.1) is 24.2 Å². The number of aromatic nitrogens is 2. The lowest BCUT2D eigenvalue weighted by atomic mass is 9.89. The summed E-state index contributed by atoms with van der Waals surface area (Å²) < 4.78 is 5.42. The van der Waals surface area contributed by atoms with E-state index in [9.17, 15) is 4.79 Å². The van der Waals surface area contributed by atoms with Gasteiger partial charge < -0.3 is 9.40 Å². The van der Waals surface area contributed by atoms with Crippen molar-refractivity contribution in [2.45, 2.75) is 45.7 Å². The van der Waals surface area contributed by atoms with Crippen molar-refractivity contribution < 1.29 is 4.42 Å². The van der Waals surface area contributed by atoms with Gasteiger partial charge in [0.2, 0.25) is 0 Å². The van der Waals surface area contributed by atoms with Gasteiger partial charge in [0, 0.05) is 4.88 Å². The van der Waals surface area contributed by atoms with Crippen LogP contribution in [-0.4, -0.2) is 21.9 Å². The zero-order chi connectivity index (χ0) is 17.6. The number of rotatable bonds is 4. The Balaban J connectivity index is 1.67. The Morgan fingerprint density at radius 3 is 3.12 bits per heavy atom. The van der Waals surface area contributed by atoms with E-state index in [1.807, 2.05) is 19.2 Å². The van der Waals surface area contributed by atoms with Gasteiger partial charge in [0.15, 0.2) is 0 Å². The largest absolute Gasteiger partial charge is 0.468 e. The summed E-state index contributed by atoms with van der Waals surface area (Å²) in [6.45, 7) is 5.01. The molecule has 0 bridgehead atoms. The number of hydrogen-bond acceptors (Lipinski definition) is 5. The fourth-order valence-corrected chi connectivity index (χ4v) is 4.95. The molecule has 4 rings (SSSR count). The molecular formula is C19H23N3O2S. The van der Waals surface area contributed by atoms with Gasteiger partial charge in [-0.1, -0.05) is 6.92 Å². The minimum absolute atomic E-state index is 0.000233. The third kappa shape index (κ3) is 3.04. The summed E-state index contributed by atoms with van der Waals surface area (Å²) in [5, 5.41) is 0.816. The summed E-state index contributed by atoms with van der Waals surface area (Å²) in [6.07, 6.45) is 4.90. The van der Waals surface area contributed by atoms with E-state index >= 15 is 0 Å². The molecule has 132 valence electrons. The Labute approximate surface area is 150 Å². The Morgan fingerprint density at radius 2 is 2.36 bits per heavy atom. The first-order chi connectivity index (χ1) is 12.0. The van der Waals surface area contributed by atoms with Crippen molar-refractivity contribution in [3.8, 4) is 0 Å². The van der Waals surface area contributed by atoms with Gasteiger partial charge in [-0.2, -0.15) is 0 Å². The van der Waals surface area contributed by atoms with Crippen molar-refractivity contribution in [2.75, 3.05) is 7.05 Å².